The van der Waals surface area contributed by atoms with Gasteiger partial charge in [0.05, 0.1) is 12.9 Å². The fourth-order valence-corrected chi connectivity index (χ4v) is 5.24. The number of imidazole rings is 1. The average Bonchev–Trinajstić information content (AvgIpc) is 3.34. The van der Waals surface area contributed by atoms with Crippen molar-refractivity contribution in [3.8, 4) is 0 Å². The Bertz CT molecular complexity index is 1200. The predicted molar refractivity (Wildman–Crippen MR) is 128 cm³/mol. The summed E-state index contributed by atoms with van der Waals surface area (Å²) in [6, 6.07) is 13.7. The standard InChI is InChI=1S/C25H27N5O3S/c1-25(24(33)27-14-17-6-3-2-4-7-17)15-29-16-28-20(21(29)23(32)30(25)18-9-10-18)22(31)26-12-11-19-8-5-13-34-19/h2-8,13,16,18H,9-12,14-15H2,1H3,(H,26,31)(H,27,33). The molecule has 0 spiro atoms. The van der Waals surface area contributed by atoms with Gasteiger partial charge in [-0.2, -0.15) is 0 Å². The van der Waals surface area contributed by atoms with Crippen molar-refractivity contribution in [1.82, 2.24) is 25.1 Å². The summed E-state index contributed by atoms with van der Waals surface area (Å²) in [6.45, 7) is 2.90. The predicted octanol–water partition coefficient (Wildman–Crippen LogP) is 2.61. The molecule has 34 heavy (non-hydrogen) atoms. The Morgan fingerprint density at radius 3 is 2.65 bits per heavy atom. The van der Waals surface area contributed by atoms with Crippen molar-refractivity contribution in [1.29, 1.82) is 0 Å². The number of carbonyl (C=O) groups is 3. The van der Waals surface area contributed by atoms with E-state index in [2.05, 4.69) is 15.6 Å². The highest BCUT2D eigenvalue weighted by Crippen LogP contribution is 2.38. The maximum Gasteiger partial charge on any atom is 0.274 e. The first-order valence-electron chi connectivity index (χ1n) is 11.5. The highest BCUT2D eigenvalue weighted by molar-refractivity contribution is 7.09. The van der Waals surface area contributed by atoms with Crippen LogP contribution in [0.25, 0.3) is 0 Å². The summed E-state index contributed by atoms with van der Waals surface area (Å²) in [5.74, 6) is -0.892. The molecule has 2 aromatic heterocycles. The van der Waals surface area contributed by atoms with Crippen LogP contribution in [0.15, 0.2) is 54.2 Å². The number of hydrogen-bond donors (Lipinski definition) is 2. The van der Waals surface area contributed by atoms with E-state index in [0.717, 1.165) is 24.8 Å². The van der Waals surface area contributed by atoms with E-state index in [1.807, 2.05) is 47.8 Å². The van der Waals surface area contributed by atoms with Gasteiger partial charge in [0.2, 0.25) is 5.91 Å². The van der Waals surface area contributed by atoms with E-state index in [1.54, 1.807) is 27.7 Å². The topological polar surface area (TPSA) is 96.3 Å². The van der Waals surface area contributed by atoms with Crippen LogP contribution in [-0.4, -0.2) is 50.3 Å². The van der Waals surface area contributed by atoms with E-state index in [-0.39, 0.29) is 41.7 Å². The number of benzene rings is 1. The number of carbonyl (C=O) groups excluding carboxylic acids is 3. The molecule has 0 radical (unpaired) electrons. The minimum atomic E-state index is -1.06. The zero-order chi connectivity index (χ0) is 23.7. The molecule has 3 aromatic rings. The fourth-order valence-electron chi connectivity index (χ4n) is 4.53. The van der Waals surface area contributed by atoms with Crippen molar-refractivity contribution >= 4 is 29.1 Å². The molecule has 0 saturated heterocycles. The molecule has 2 N–H and O–H groups in total. The van der Waals surface area contributed by atoms with Crippen molar-refractivity contribution in [2.45, 2.75) is 50.9 Å². The molecule has 1 aromatic carbocycles. The second-order valence-corrected chi connectivity index (χ2v) is 10.0. The smallest absolute Gasteiger partial charge is 0.274 e. The highest BCUT2D eigenvalue weighted by Gasteiger charge is 2.53. The van der Waals surface area contributed by atoms with Crippen molar-refractivity contribution in [2.75, 3.05) is 6.54 Å². The van der Waals surface area contributed by atoms with Gasteiger partial charge in [0, 0.05) is 24.0 Å². The largest absolute Gasteiger partial charge is 0.350 e. The molecule has 9 heteroatoms. The molecule has 176 valence electrons. The monoisotopic (exact) mass is 477 g/mol. The van der Waals surface area contributed by atoms with Gasteiger partial charge in [-0.25, -0.2) is 4.98 Å². The molecule has 1 aliphatic carbocycles. The minimum absolute atomic E-state index is 0.00151. The molecule has 0 bridgehead atoms. The fraction of sp³-hybridized carbons (Fsp3) is 0.360. The van der Waals surface area contributed by atoms with Crippen LogP contribution in [0.4, 0.5) is 0 Å². The molecule has 1 atom stereocenters. The molecule has 3 heterocycles. The number of aromatic nitrogens is 2. The first kappa shape index (κ1) is 22.3. The lowest BCUT2D eigenvalue weighted by atomic mass is 9.93. The molecule has 1 aliphatic heterocycles. The van der Waals surface area contributed by atoms with Crippen molar-refractivity contribution in [3.63, 3.8) is 0 Å². The van der Waals surface area contributed by atoms with Crippen LogP contribution in [0.3, 0.4) is 0 Å². The minimum Gasteiger partial charge on any atom is -0.350 e. The number of thiophene rings is 1. The lowest BCUT2D eigenvalue weighted by molar-refractivity contribution is -0.133. The summed E-state index contributed by atoms with van der Waals surface area (Å²) in [5, 5.41) is 7.88. The average molecular weight is 478 g/mol. The highest BCUT2D eigenvalue weighted by atomic mass is 32.1. The van der Waals surface area contributed by atoms with Gasteiger partial charge in [0.15, 0.2) is 5.69 Å². The number of nitrogens with zero attached hydrogens (tertiary/aromatic N) is 3. The Balaban J connectivity index is 1.34. The summed E-state index contributed by atoms with van der Waals surface area (Å²) in [5.41, 5.74) is 0.306. The van der Waals surface area contributed by atoms with Gasteiger partial charge >= 0.3 is 0 Å². The zero-order valence-corrected chi connectivity index (χ0v) is 19.8. The lowest BCUT2D eigenvalue weighted by Gasteiger charge is -2.44. The van der Waals surface area contributed by atoms with Crippen LogP contribution in [0.2, 0.25) is 0 Å². The first-order chi connectivity index (χ1) is 16.5. The van der Waals surface area contributed by atoms with Gasteiger partial charge in [0.25, 0.3) is 11.8 Å². The van der Waals surface area contributed by atoms with Crippen LogP contribution >= 0.6 is 11.3 Å². The van der Waals surface area contributed by atoms with Gasteiger partial charge in [-0.1, -0.05) is 36.4 Å². The van der Waals surface area contributed by atoms with Gasteiger partial charge in [-0.3, -0.25) is 14.4 Å². The Labute approximate surface area is 202 Å². The molecular weight excluding hydrogens is 450 g/mol. The number of hydrogen-bond acceptors (Lipinski definition) is 5. The van der Waals surface area contributed by atoms with Crippen LogP contribution in [-0.2, 0) is 24.3 Å². The van der Waals surface area contributed by atoms with E-state index in [0.29, 0.717) is 13.1 Å². The number of nitrogens with one attached hydrogen (secondary N) is 2. The molecule has 1 fully saturated rings. The number of fused-ring (bicyclic) bond motifs is 1. The Morgan fingerprint density at radius 1 is 1.15 bits per heavy atom. The molecule has 3 amide bonds. The Kier molecular flexibility index (Phi) is 5.95. The summed E-state index contributed by atoms with van der Waals surface area (Å²) < 4.78 is 1.65. The maximum absolute atomic E-state index is 13.6. The third kappa shape index (κ3) is 4.23. The molecular formula is C25H27N5O3S. The van der Waals surface area contributed by atoms with Gasteiger partial charge in [-0.05, 0) is 43.2 Å². The first-order valence-corrected chi connectivity index (χ1v) is 12.4. The molecule has 1 saturated carbocycles. The van der Waals surface area contributed by atoms with E-state index in [1.165, 1.54) is 11.2 Å². The molecule has 5 rings (SSSR count). The quantitative estimate of drug-likeness (QED) is 0.521. The van der Waals surface area contributed by atoms with Gasteiger partial charge < -0.3 is 20.1 Å². The maximum atomic E-state index is 13.6. The van der Waals surface area contributed by atoms with Gasteiger partial charge in [-0.15, -0.1) is 11.3 Å². The van der Waals surface area contributed by atoms with Crippen LogP contribution in [0, 0.1) is 0 Å². The summed E-state index contributed by atoms with van der Waals surface area (Å²) >= 11 is 1.64. The van der Waals surface area contributed by atoms with E-state index in [9.17, 15) is 14.4 Å². The zero-order valence-electron chi connectivity index (χ0n) is 19.0. The number of rotatable bonds is 8. The summed E-state index contributed by atoms with van der Waals surface area (Å²) in [4.78, 5) is 47.0. The van der Waals surface area contributed by atoms with E-state index in [4.69, 9.17) is 0 Å². The summed E-state index contributed by atoms with van der Waals surface area (Å²) in [6.07, 6.45) is 3.92. The second-order valence-electron chi connectivity index (χ2n) is 9.00. The van der Waals surface area contributed by atoms with Crippen LogP contribution in [0.5, 0.6) is 0 Å². The van der Waals surface area contributed by atoms with E-state index < -0.39 is 5.54 Å². The Morgan fingerprint density at radius 2 is 1.94 bits per heavy atom. The van der Waals surface area contributed by atoms with Crippen molar-refractivity contribution in [2.24, 2.45) is 0 Å². The van der Waals surface area contributed by atoms with Crippen LogP contribution < -0.4 is 10.6 Å². The van der Waals surface area contributed by atoms with E-state index >= 15 is 0 Å². The van der Waals surface area contributed by atoms with Crippen molar-refractivity contribution < 1.29 is 14.4 Å². The third-order valence-electron chi connectivity index (χ3n) is 6.42. The van der Waals surface area contributed by atoms with Crippen LogP contribution in [0.1, 0.15) is 51.2 Å². The number of amides is 3. The lowest BCUT2D eigenvalue weighted by Crippen LogP contribution is -2.64. The second kappa shape index (κ2) is 9.06. The Hall–Kier alpha value is -3.46. The van der Waals surface area contributed by atoms with Crippen molar-refractivity contribution in [3.05, 3.63) is 76.0 Å². The molecule has 2 aliphatic rings. The SMILES string of the molecule is CC1(C(=O)NCc2ccccc2)Cn2cnc(C(=O)NCCc3cccs3)c2C(=O)N1C1CC1. The normalized spacial score (nSPS) is 19.6. The molecule has 8 nitrogen and oxygen atoms in total. The van der Waals surface area contributed by atoms with Gasteiger partial charge in [0.1, 0.15) is 11.2 Å². The summed E-state index contributed by atoms with van der Waals surface area (Å²) in [7, 11) is 0. The molecule has 1 unspecified atom stereocenters. The third-order valence-corrected chi connectivity index (χ3v) is 7.35.